The lowest BCUT2D eigenvalue weighted by molar-refractivity contribution is 0.102. The number of halogens is 1. The molecule has 1 aliphatic carbocycles. The van der Waals surface area contributed by atoms with E-state index >= 15 is 0 Å². The fourth-order valence-electron chi connectivity index (χ4n) is 2.90. The van der Waals surface area contributed by atoms with Crippen LogP contribution in [0.25, 0.3) is 17.0 Å². The molecule has 0 unspecified atom stereocenters. The molecule has 0 radical (unpaired) electrons. The van der Waals surface area contributed by atoms with Crippen molar-refractivity contribution in [3.8, 4) is 0 Å². The van der Waals surface area contributed by atoms with Crippen molar-refractivity contribution >= 4 is 34.1 Å². The van der Waals surface area contributed by atoms with Crippen LogP contribution in [0.1, 0.15) is 28.0 Å². The van der Waals surface area contributed by atoms with Crippen molar-refractivity contribution in [2.24, 2.45) is 0 Å². The molecular formula is C17H12FNOS. The minimum atomic E-state index is -0.314. The number of H-pyrrole nitrogens is 1. The van der Waals surface area contributed by atoms with E-state index in [0.29, 0.717) is 10.9 Å². The van der Waals surface area contributed by atoms with Gasteiger partial charge in [0, 0.05) is 22.2 Å². The molecule has 0 aliphatic heterocycles. The van der Waals surface area contributed by atoms with Gasteiger partial charge in [-0.1, -0.05) is 0 Å². The number of fused-ring (bicyclic) bond motifs is 3. The van der Waals surface area contributed by atoms with Crippen LogP contribution in [0.15, 0.2) is 40.6 Å². The largest absolute Gasteiger partial charge is 0.358 e. The maximum atomic E-state index is 13.5. The quantitative estimate of drug-likeness (QED) is 0.655. The number of thiophene rings is 1. The molecule has 3 aromatic rings. The van der Waals surface area contributed by atoms with E-state index in [1.54, 1.807) is 17.4 Å². The number of aromatic amines is 1. The topological polar surface area (TPSA) is 32.9 Å². The van der Waals surface area contributed by atoms with E-state index in [0.717, 1.165) is 35.2 Å². The molecule has 0 saturated heterocycles. The average Bonchev–Trinajstić information content (AvgIpc) is 3.09. The Bertz CT molecular complexity index is 874. The summed E-state index contributed by atoms with van der Waals surface area (Å²) in [5.41, 5.74) is 4.23. The first kappa shape index (κ1) is 12.5. The van der Waals surface area contributed by atoms with E-state index in [4.69, 9.17) is 0 Å². The Morgan fingerprint density at radius 2 is 2.14 bits per heavy atom. The third-order valence-electron chi connectivity index (χ3n) is 3.89. The van der Waals surface area contributed by atoms with Gasteiger partial charge in [0.25, 0.3) is 0 Å². The summed E-state index contributed by atoms with van der Waals surface area (Å²) in [5.74, 6) is -0.301. The number of rotatable bonds is 1. The SMILES string of the molecule is O=C1/C(=C/c2ccsc2)CCc2[nH]c3ccc(F)cc3c21. The normalized spacial score (nSPS) is 16.6. The van der Waals surface area contributed by atoms with Crippen molar-refractivity contribution in [1.29, 1.82) is 0 Å². The number of carbonyl (C=O) groups is 1. The Kier molecular flexibility index (Phi) is 2.79. The molecule has 1 N–H and O–H groups in total. The Morgan fingerprint density at radius 3 is 2.95 bits per heavy atom. The maximum absolute atomic E-state index is 13.5. The van der Waals surface area contributed by atoms with Crippen molar-refractivity contribution in [2.75, 3.05) is 0 Å². The zero-order valence-electron chi connectivity index (χ0n) is 11.2. The summed E-state index contributed by atoms with van der Waals surface area (Å²) in [6.07, 6.45) is 3.45. The summed E-state index contributed by atoms with van der Waals surface area (Å²) < 4.78 is 13.5. The molecular weight excluding hydrogens is 285 g/mol. The minimum absolute atomic E-state index is 0.0132. The van der Waals surface area contributed by atoms with Crippen LogP contribution in [-0.2, 0) is 6.42 Å². The predicted octanol–water partition coefficient (Wildman–Crippen LogP) is 4.58. The second kappa shape index (κ2) is 4.67. The van der Waals surface area contributed by atoms with Crippen LogP contribution in [0, 0.1) is 5.82 Å². The van der Waals surface area contributed by atoms with Crippen LogP contribution in [0.2, 0.25) is 0 Å². The number of hydrogen-bond acceptors (Lipinski definition) is 2. The lowest BCUT2D eigenvalue weighted by Crippen LogP contribution is -2.13. The minimum Gasteiger partial charge on any atom is -0.358 e. The highest BCUT2D eigenvalue weighted by Crippen LogP contribution is 2.32. The van der Waals surface area contributed by atoms with Crippen LogP contribution in [-0.4, -0.2) is 10.8 Å². The molecule has 2 heterocycles. The zero-order chi connectivity index (χ0) is 14.4. The highest BCUT2D eigenvalue weighted by atomic mass is 32.1. The van der Waals surface area contributed by atoms with Crippen molar-refractivity contribution in [1.82, 2.24) is 4.98 Å². The molecule has 0 amide bonds. The first-order valence-corrected chi connectivity index (χ1v) is 7.74. The molecule has 2 nitrogen and oxygen atoms in total. The number of carbonyl (C=O) groups excluding carboxylic acids is 1. The van der Waals surface area contributed by atoms with Gasteiger partial charge in [0.15, 0.2) is 5.78 Å². The number of ketones is 1. The van der Waals surface area contributed by atoms with Gasteiger partial charge >= 0.3 is 0 Å². The maximum Gasteiger partial charge on any atom is 0.191 e. The number of aromatic nitrogens is 1. The third-order valence-corrected chi connectivity index (χ3v) is 4.59. The van der Waals surface area contributed by atoms with Crippen LogP contribution in [0.4, 0.5) is 4.39 Å². The van der Waals surface area contributed by atoms with Crippen LogP contribution in [0.3, 0.4) is 0 Å². The summed E-state index contributed by atoms with van der Waals surface area (Å²) in [6, 6.07) is 6.54. The molecule has 4 rings (SSSR count). The van der Waals surface area contributed by atoms with Gasteiger partial charge in [-0.3, -0.25) is 4.79 Å². The number of hydrogen-bond donors (Lipinski definition) is 1. The van der Waals surface area contributed by atoms with E-state index in [1.165, 1.54) is 12.1 Å². The van der Waals surface area contributed by atoms with Crippen LogP contribution >= 0.6 is 11.3 Å². The second-order valence-electron chi connectivity index (χ2n) is 5.22. The van der Waals surface area contributed by atoms with E-state index in [-0.39, 0.29) is 11.6 Å². The van der Waals surface area contributed by atoms with Crippen molar-refractivity contribution in [3.05, 3.63) is 63.2 Å². The molecule has 4 heteroatoms. The smallest absolute Gasteiger partial charge is 0.191 e. The highest BCUT2D eigenvalue weighted by molar-refractivity contribution is 7.08. The fourth-order valence-corrected chi connectivity index (χ4v) is 3.51. The lowest BCUT2D eigenvalue weighted by atomic mass is 9.89. The predicted molar refractivity (Wildman–Crippen MR) is 83.2 cm³/mol. The second-order valence-corrected chi connectivity index (χ2v) is 6.00. The van der Waals surface area contributed by atoms with E-state index in [9.17, 15) is 9.18 Å². The first-order chi connectivity index (χ1) is 10.2. The van der Waals surface area contributed by atoms with Crippen molar-refractivity contribution in [2.45, 2.75) is 12.8 Å². The number of benzene rings is 1. The Balaban J connectivity index is 1.87. The Labute approximate surface area is 124 Å². The number of nitrogens with one attached hydrogen (secondary N) is 1. The van der Waals surface area contributed by atoms with E-state index < -0.39 is 0 Å². The standard InChI is InChI=1S/C17H12FNOS/c18-12-2-4-14-13(8-12)16-15(19-14)3-1-11(17(16)20)7-10-5-6-21-9-10/h2,4-9,19H,1,3H2/b11-7+. The van der Waals surface area contributed by atoms with E-state index in [2.05, 4.69) is 4.98 Å². The zero-order valence-corrected chi connectivity index (χ0v) is 12.0. The van der Waals surface area contributed by atoms with Gasteiger partial charge in [-0.2, -0.15) is 11.3 Å². The van der Waals surface area contributed by atoms with Gasteiger partial charge in [0.05, 0.1) is 5.56 Å². The van der Waals surface area contributed by atoms with Gasteiger partial charge in [-0.05, 0) is 59.5 Å². The average molecular weight is 297 g/mol. The first-order valence-electron chi connectivity index (χ1n) is 6.80. The molecule has 0 atom stereocenters. The summed E-state index contributed by atoms with van der Waals surface area (Å²) in [4.78, 5) is 16.0. The molecule has 0 fully saturated rings. The van der Waals surface area contributed by atoms with Crippen LogP contribution in [0.5, 0.6) is 0 Å². The molecule has 21 heavy (non-hydrogen) atoms. The summed E-state index contributed by atoms with van der Waals surface area (Å²) in [6.45, 7) is 0. The van der Waals surface area contributed by atoms with Gasteiger partial charge < -0.3 is 4.98 Å². The highest BCUT2D eigenvalue weighted by Gasteiger charge is 2.26. The molecule has 104 valence electrons. The Morgan fingerprint density at radius 1 is 1.24 bits per heavy atom. The number of aryl methyl sites for hydroxylation is 1. The number of Topliss-reactive ketones (excluding diaryl/α,β-unsaturated/α-hetero) is 1. The monoisotopic (exact) mass is 297 g/mol. The Hall–Kier alpha value is -2.20. The lowest BCUT2D eigenvalue weighted by Gasteiger charge is -2.14. The summed E-state index contributed by atoms with van der Waals surface area (Å²) in [5, 5.41) is 4.70. The molecule has 0 saturated carbocycles. The molecule has 2 aromatic heterocycles. The molecule has 1 aromatic carbocycles. The van der Waals surface area contributed by atoms with Gasteiger partial charge in [0.1, 0.15) is 5.82 Å². The van der Waals surface area contributed by atoms with Gasteiger partial charge in [-0.25, -0.2) is 4.39 Å². The summed E-state index contributed by atoms with van der Waals surface area (Å²) in [7, 11) is 0. The molecule has 0 spiro atoms. The van der Waals surface area contributed by atoms with Crippen molar-refractivity contribution in [3.63, 3.8) is 0 Å². The number of allylic oxidation sites excluding steroid dienone is 1. The van der Waals surface area contributed by atoms with Crippen molar-refractivity contribution < 1.29 is 9.18 Å². The van der Waals surface area contributed by atoms with Crippen LogP contribution < -0.4 is 0 Å². The third kappa shape index (κ3) is 2.03. The molecule has 1 aliphatic rings. The fraction of sp³-hybridized carbons (Fsp3) is 0.118. The molecule has 0 bridgehead atoms. The van der Waals surface area contributed by atoms with Gasteiger partial charge in [0.2, 0.25) is 0 Å². The van der Waals surface area contributed by atoms with Gasteiger partial charge in [-0.15, -0.1) is 0 Å². The summed E-state index contributed by atoms with van der Waals surface area (Å²) >= 11 is 1.61. The van der Waals surface area contributed by atoms with E-state index in [1.807, 2.05) is 22.9 Å².